The zero-order valence-electron chi connectivity index (χ0n) is 20.6. The van der Waals surface area contributed by atoms with Gasteiger partial charge in [0.05, 0.1) is 11.1 Å². The molecule has 1 fully saturated rings. The van der Waals surface area contributed by atoms with Crippen LogP contribution in [-0.4, -0.2) is 32.7 Å². The van der Waals surface area contributed by atoms with Crippen LogP contribution >= 0.6 is 0 Å². The molecule has 7 nitrogen and oxygen atoms in total. The van der Waals surface area contributed by atoms with Crippen LogP contribution < -0.4 is 5.73 Å². The maximum absolute atomic E-state index is 13.6. The molecule has 0 radical (unpaired) electrons. The zero-order valence-corrected chi connectivity index (χ0v) is 21.4. The lowest BCUT2D eigenvalue weighted by molar-refractivity contribution is 0.220. The number of nitrogens with zero attached hydrogens (tertiary/aromatic N) is 4. The molecular formula is C27H33N5O2S. The number of fused-ring (bicyclic) bond motifs is 1. The Morgan fingerprint density at radius 1 is 1.14 bits per heavy atom. The van der Waals surface area contributed by atoms with Gasteiger partial charge in [0.25, 0.3) is 10.0 Å². The Bertz CT molecular complexity index is 1440. The summed E-state index contributed by atoms with van der Waals surface area (Å²) in [7, 11) is -1.95. The zero-order chi connectivity index (χ0) is 24.8. The number of nitrogens with two attached hydrogens (primary N) is 1. The predicted octanol–water partition coefficient (Wildman–Crippen LogP) is 5.08. The normalized spacial score (nSPS) is 21.9. The molecule has 2 N–H and O–H groups in total. The second-order valence-corrected chi connectivity index (χ2v) is 12.0. The molecule has 184 valence electrons. The fourth-order valence-electron chi connectivity index (χ4n) is 5.52. The van der Waals surface area contributed by atoms with Crippen LogP contribution in [0, 0.1) is 5.92 Å². The first-order valence-corrected chi connectivity index (χ1v) is 13.7. The highest BCUT2D eigenvalue weighted by atomic mass is 32.2. The number of hydrogen-bond acceptors (Lipinski definition) is 5. The monoisotopic (exact) mass is 491 g/mol. The number of rotatable bonds is 6. The number of benzene rings is 1. The molecule has 5 rings (SSSR count). The van der Waals surface area contributed by atoms with Crippen LogP contribution in [-0.2, 0) is 17.1 Å². The van der Waals surface area contributed by atoms with E-state index in [-0.39, 0.29) is 10.4 Å². The van der Waals surface area contributed by atoms with E-state index in [0.29, 0.717) is 17.5 Å². The van der Waals surface area contributed by atoms with Gasteiger partial charge in [0.1, 0.15) is 0 Å². The van der Waals surface area contributed by atoms with E-state index in [4.69, 9.17) is 10.7 Å². The predicted molar refractivity (Wildman–Crippen MR) is 139 cm³/mol. The minimum Gasteiger partial charge on any atom is -0.325 e. The number of aryl methyl sites for hydroxylation is 1. The molecule has 0 spiro atoms. The molecule has 1 atom stereocenters. The van der Waals surface area contributed by atoms with Crippen molar-refractivity contribution in [1.29, 1.82) is 0 Å². The van der Waals surface area contributed by atoms with E-state index in [1.165, 1.54) is 3.97 Å². The first kappa shape index (κ1) is 23.8. The summed E-state index contributed by atoms with van der Waals surface area (Å²) in [6, 6.07) is 10.6. The average molecular weight is 492 g/mol. The van der Waals surface area contributed by atoms with Gasteiger partial charge < -0.3 is 5.73 Å². The molecule has 1 unspecified atom stereocenters. The fourth-order valence-corrected chi connectivity index (χ4v) is 6.87. The van der Waals surface area contributed by atoms with Crippen LogP contribution in [0.5, 0.6) is 0 Å². The van der Waals surface area contributed by atoms with Gasteiger partial charge in [0, 0.05) is 47.7 Å². The third-order valence-corrected chi connectivity index (χ3v) is 9.22. The van der Waals surface area contributed by atoms with Gasteiger partial charge in [-0.25, -0.2) is 17.4 Å². The lowest BCUT2D eigenvalue weighted by Crippen LogP contribution is -2.40. The summed E-state index contributed by atoms with van der Waals surface area (Å²) >= 11 is 0. The van der Waals surface area contributed by atoms with Gasteiger partial charge in [0.2, 0.25) is 0 Å². The molecule has 4 aromatic rings. The van der Waals surface area contributed by atoms with Crippen LogP contribution in [0.1, 0.15) is 57.4 Å². The van der Waals surface area contributed by atoms with Crippen molar-refractivity contribution in [3.05, 3.63) is 66.7 Å². The van der Waals surface area contributed by atoms with Crippen molar-refractivity contribution in [3.8, 4) is 11.1 Å². The summed E-state index contributed by atoms with van der Waals surface area (Å²) in [4.78, 5) is 4.99. The summed E-state index contributed by atoms with van der Waals surface area (Å²) in [6.45, 7) is 4.37. The fraction of sp³-hybridized carbons (Fsp3) is 0.407. The molecule has 1 aromatic carbocycles. The van der Waals surface area contributed by atoms with Crippen molar-refractivity contribution in [2.45, 2.75) is 62.3 Å². The van der Waals surface area contributed by atoms with Crippen LogP contribution in [0.2, 0.25) is 0 Å². The van der Waals surface area contributed by atoms with E-state index in [0.717, 1.165) is 54.2 Å². The topological polar surface area (TPSA) is 95.8 Å². The largest absolute Gasteiger partial charge is 0.325 e. The summed E-state index contributed by atoms with van der Waals surface area (Å²) < 4.78 is 30.2. The molecule has 3 heterocycles. The van der Waals surface area contributed by atoms with Crippen LogP contribution in [0.25, 0.3) is 22.2 Å². The van der Waals surface area contributed by atoms with Crippen molar-refractivity contribution >= 4 is 21.1 Å². The Morgan fingerprint density at radius 2 is 1.86 bits per heavy atom. The number of hydrogen-bond donors (Lipinski definition) is 1. The Morgan fingerprint density at radius 3 is 2.49 bits per heavy atom. The van der Waals surface area contributed by atoms with Gasteiger partial charge in [-0.1, -0.05) is 25.1 Å². The lowest BCUT2D eigenvalue weighted by atomic mass is 9.71. The maximum atomic E-state index is 13.6. The molecule has 0 bridgehead atoms. The highest BCUT2D eigenvalue weighted by Gasteiger charge is 2.32. The van der Waals surface area contributed by atoms with Gasteiger partial charge >= 0.3 is 0 Å². The van der Waals surface area contributed by atoms with Crippen molar-refractivity contribution < 1.29 is 8.42 Å². The quantitative estimate of drug-likeness (QED) is 0.406. The molecular weight excluding hydrogens is 458 g/mol. The molecule has 0 amide bonds. The molecule has 1 aliphatic rings. The Kier molecular flexibility index (Phi) is 6.05. The highest BCUT2D eigenvalue weighted by molar-refractivity contribution is 7.90. The lowest BCUT2D eigenvalue weighted by Gasteiger charge is -2.37. The van der Waals surface area contributed by atoms with Gasteiger partial charge in [-0.05, 0) is 74.6 Å². The van der Waals surface area contributed by atoms with Crippen LogP contribution in [0.3, 0.4) is 0 Å². The Hall–Kier alpha value is -2.97. The average Bonchev–Trinajstić information content (AvgIpc) is 3.44. The second-order valence-electron chi connectivity index (χ2n) is 10.2. The third kappa shape index (κ3) is 4.41. The molecule has 1 saturated carbocycles. The van der Waals surface area contributed by atoms with Crippen molar-refractivity contribution in [1.82, 2.24) is 18.7 Å². The van der Waals surface area contributed by atoms with Crippen molar-refractivity contribution in [2.24, 2.45) is 18.7 Å². The van der Waals surface area contributed by atoms with E-state index in [2.05, 4.69) is 25.0 Å². The number of pyridine rings is 1. The van der Waals surface area contributed by atoms with Crippen molar-refractivity contribution in [2.75, 3.05) is 0 Å². The van der Waals surface area contributed by atoms with E-state index >= 15 is 0 Å². The van der Waals surface area contributed by atoms with Crippen molar-refractivity contribution in [3.63, 3.8) is 0 Å². The summed E-state index contributed by atoms with van der Waals surface area (Å²) in [5.41, 5.74) is 9.59. The SMILES string of the molecule is CCC(c1cnc2c(c1)c(-c1cnn(C)c1)cn2S(=O)(=O)c1ccccc1)C1CCC(C)(N)CC1. The molecule has 3 aromatic heterocycles. The molecule has 8 heteroatoms. The molecule has 0 aliphatic heterocycles. The van der Waals surface area contributed by atoms with Crippen LogP contribution in [0.15, 0.2) is 66.1 Å². The van der Waals surface area contributed by atoms with Gasteiger partial charge in [0.15, 0.2) is 5.65 Å². The smallest absolute Gasteiger partial charge is 0.269 e. The number of aromatic nitrogens is 4. The van der Waals surface area contributed by atoms with E-state index < -0.39 is 10.0 Å². The molecule has 0 saturated heterocycles. The second kappa shape index (κ2) is 8.91. The molecule has 1 aliphatic carbocycles. The summed E-state index contributed by atoms with van der Waals surface area (Å²) in [5, 5.41) is 5.14. The maximum Gasteiger partial charge on any atom is 0.269 e. The highest BCUT2D eigenvalue weighted by Crippen LogP contribution is 2.42. The Labute approximate surface area is 207 Å². The summed E-state index contributed by atoms with van der Waals surface area (Å²) in [5.74, 6) is 0.909. The molecule has 35 heavy (non-hydrogen) atoms. The van der Waals surface area contributed by atoms with Gasteiger partial charge in [-0.3, -0.25) is 4.68 Å². The Balaban J connectivity index is 1.64. The minimum atomic E-state index is -3.80. The first-order chi connectivity index (χ1) is 16.7. The van der Waals surface area contributed by atoms with E-state index in [1.54, 1.807) is 41.3 Å². The first-order valence-electron chi connectivity index (χ1n) is 12.3. The van der Waals surface area contributed by atoms with Gasteiger partial charge in [-0.15, -0.1) is 0 Å². The summed E-state index contributed by atoms with van der Waals surface area (Å²) in [6.07, 6.45) is 12.5. The van der Waals surface area contributed by atoms with E-state index in [1.807, 2.05) is 25.5 Å². The van der Waals surface area contributed by atoms with Gasteiger partial charge in [-0.2, -0.15) is 5.10 Å². The minimum absolute atomic E-state index is 0.0759. The van der Waals surface area contributed by atoms with Crippen LogP contribution in [0.4, 0.5) is 0 Å². The standard InChI is InChI=1S/C27H33N5O2S/c1-4-23(19-10-12-27(2,28)13-11-19)20-14-24-25(21-16-30-31(3)17-21)18-32(26(24)29-15-20)35(33,34)22-8-6-5-7-9-22/h5-9,14-19,23H,4,10-13,28H2,1-3H3. The van der Waals surface area contributed by atoms with E-state index in [9.17, 15) is 8.42 Å². The third-order valence-electron chi connectivity index (χ3n) is 7.56.